The van der Waals surface area contributed by atoms with Crippen molar-refractivity contribution in [2.75, 3.05) is 0 Å². The van der Waals surface area contributed by atoms with Crippen molar-refractivity contribution in [2.45, 2.75) is 59.8 Å². The Hall–Kier alpha value is -6.26. The lowest BCUT2D eigenvalue weighted by atomic mass is 9.83. The highest BCUT2D eigenvalue weighted by molar-refractivity contribution is 5.97. The molecule has 0 fully saturated rings. The van der Waals surface area contributed by atoms with Gasteiger partial charge in [-0.25, -0.2) is 4.98 Å². The fourth-order valence-electron chi connectivity index (χ4n) is 7.23. The smallest absolute Gasteiger partial charge is 0.149 e. The third kappa shape index (κ3) is 6.97. The lowest BCUT2D eigenvalue weighted by Gasteiger charge is -2.22. The fraction of sp³-hybridized carbons (Fsp3) is 0.176. The van der Waals surface area contributed by atoms with Gasteiger partial charge in [-0.15, -0.1) is 0 Å². The van der Waals surface area contributed by atoms with Crippen LogP contribution in [0.2, 0.25) is 0 Å². The van der Waals surface area contributed by atoms with Crippen molar-refractivity contribution in [3.63, 3.8) is 0 Å². The van der Waals surface area contributed by atoms with Crippen LogP contribution >= 0.6 is 0 Å². The standard InChI is InChI=1S/C51H47N3O/c1-32(2)38-25-39(36-17-12-9-13-18-36)30-43(29-38)54-47-20-14-19-44(48(47)53-50(54)45-24-33(3)23-34(4)49(45)55)40-26-41(28-42(27-40)51(5,6)7)46-31-37(21-22-52-46)35-15-10-8-11-16-35/h8-32,55H,1-7H3/i8D,10D,11D,15D,16D,32D. The number of hydrogen-bond acceptors (Lipinski definition) is 3. The van der Waals surface area contributed by atoms with Gasteiger partial charge in [0.15, 0.2) is 0 Å². The van der Waals surface area contributed by atoms with Crippen LogP contribution in [-0.2, 0) is 5.41 Å². The van der Waals surface area contributed by atoms with Crippen molar-refractivity contribution < 1.29 is 13.3 Å². The van der Waals surface area contributed by atoms with Crippen LogP contribution in [0.5, 0.6) is 5.75 Å². The minimum absolute atomic E-state index is 0.118. The quantitative estimate of drug-likeness (QED) is 0.178. The van der Waals surface area contributed by atoms with Gasteiger partial charge in [-0.2, -0.15) is 0 Å². The molecule has 55 heavy (non-hydrogen) atoms. The van der Waals surface area contributed by atoms with Crippen molar-refractivity contribution in [2.24, 2.45) is 0 Å². The molecule has 2 aromatic heterocycles. The van der Waals surface area contributed by atoms with E-state index >= 15 is 0 Å². The summed E-state index contributed by atoms with van der Waals surface area (Å²) in [7, 11) is 0. The molecule has 8 rings (SSSR count). The molecule has 4 nitrogen and oxygen atoms in total. The second kappa shape index (κ2) is 14.2. The molecule has 1 N–H and O–H groups in total. The summed E-state index contributed by atoms with van der Waals surface area (Å²) in [6.07, 6.45) is 1.61. The summed E-state index contributed by atoms with van der Waals surface area (Å²) in [5.74, 6) is -0.210. The molecule has 0 unspecified atom stereocenters. The normalized spacial score (nSPS) is 13.5. The topological polar surface area (TPSA) is 50.9 Å². The highest BCUT2D eigenvalue weighted by atomic mass is 16.3. The maximum Gasteiger partial charge on any atom is 0.149 e. The van der Waals surface area contributed by atoms with Gasteiger partial charge < -0.3 is 5.11 Å². The van der Waals surface area contributed by atoms with Gasteiger partial charge in [0.2, 0.25) is 0 Å². The molecule has 8 aromatic rings. The van der Waals surface area contributed by atoms with Crippen LogP contribution < -0.4 is 0 Å². The summed E-state index contributed by atoms with van der Waals surface area (Å²) >= 11 is 0. The number of rotatable bonds is 7. The summed E-state index contributed by atoms with van der Waals surface area (Å²) in [4.78, 5) is 10.2. The number of benzene rings is 6. The molecule has 6 aromatic carbocycles. The molecule has 0 spiro atoms. The van der Waals surface area contributed by atoms with E-state index in [1.807, 2.05) is 82.3 Å². The van der Waals surface area contributed by atoms with Crippen LogP contribution in [0.4, 0.5) is 0 Å². The summed E-state index contributed by atoms with van der Waals surface area (Å²) in [6.45, 7) is 14.1. The first-order valence-electron chi connectivity index (χ1n) is 21.5. The molecule has 2 heterocycles. The third-order valence-corrected chi connectivity index (χ3v) is 10.2. The molecule has 0 atom stereocenters. The Bertz CT molecular complexity index is 3000. The first kappa shape index (κ1) is 29.1. The number of phenolic OH excluding ortho intramolecular Hbond substituents is 1. The van der Waals surface area contributed by atoms with Crippen LogP contribution in [-0.4, -0.2) is 19.6 Å². The minimum Gasteiger partial charge on any atom is -0.507 e. The third-order valence-electron chi connectivity index (χ3n) is 10.2. The Morgan fingerprint density at radius 1 is 0.691 bits per heavy atom. The van der Waals surface area contributed by atoms with E-state index in [1.54, 1.807) is 18.3 Å². The van der Waals surface area contributed by atoms with Gasteiger partial charge in [-0.05, 0) is 124 Å². The van der Waals surface area contributed by atoms with Gasteiger partial charge in [0.1, 0.15) is 11.6 Å². The summed E-state index contributed by atoms with van der Waals surface area (Å²) in [5, 5.41) is 11.7. The SMILES string of the molecule is [2H]c1c([2H])c([2H])c(-c2ccnc(-c3cc(-c4cccc5c4nc(-c4cc(C)cc(C)c4O)n5-c4cc(-c5ccccc5)cc(C([2H])(C)C)c4)cc(C(C)(C)C)c3)c2)c([2H])c1[2H]. The molecule has 0 aliphatic rings. The lowest BCUT2D eigenvalue weighted by molar-refractivity contribution is 0.472. The monoisotopic (exact) mass is 723 g/mol. The zero-order chi connectivity index (χ0) is 43.7. The number of imidazole rings is 1. The van der Waals surface area contributed by atoms with E-state index in [0.29, 0.717) is 28.2 Å². The lowest BCUT2D eigenvalue weighted by Crippen LogP contribution is -2.11. The fourth-order valence-corrected chi connectivity index (χ4v) is 7.23. The van der Waals surface area contributed by atoms with E-state index < -0.39 is 11.9 Å². The average Bonchev–Trinajstić information content (AvgIpc) is 3.63. The second-order valence-electron chi connectivity index (χ2n) is 15.5. The highest BCUT2D eigenvalue weighted by Gasteiger charge is 2.24. The minimum atomic E-state index is -0.916. The largest absolute Gasteiger partial charge is 0.507 e. The van der Waals surface area contributed by atoms with Gasteiger partial charge in [0.25, 0.3) is 0 Å². The zero-order valence-corrected chi connectivity index (χ0v) is 32.3. The van der Waals surface area contributed by atoms with E-state index in [-0.39, 0.29) is 40.9 Å². The van der Waals surface area contributed by atoms with Gasteiger partial charge in [0, 0.05) is 24.4 Å². The highest BCUT2D eigenvalue weighted by Crippen LogP contribution is 2.42. The maximum absolute atomic E-state index is 11.7. The van der Waals surface area contributed by atoms with Crippen molar-refractivity contribution in [1.82, 2.24) is 14.5 Å². The number of aryl methyl sites for hydroxylation is 2. The Morgan fingerprint density at radius 2 is 1.45 bits per heavy atom. The molecule has 0 aliphatic carbocycles. The Morgan fingerprint density at radius 3 is 2.20 bits per heavy atom. The molecule has 272 valence electrons. The van der Waals surface area contributed by atoms with E-state index in [9.17, 15) is 5.11 Å². The van der Waals surface area contributed by atoms with Gasteiger partial charge in [0.05, 0.1) is 29.1 Å². The number of aromatic nitrogens is 3. The number of phenols is 1. The molecule has 0 bridgehead atoms. The number of nitrogens with zero attached hydrogens (tertiary/aromatic N) is 3. The van der Waals surface area contributed by atoms with Gasteiger partial charge >= 0.3 is 0 Å². The number of para-hydroxylation sites is 1. The molecular formula is C51H47N3O. The molecule has 0 saturated carbocycles. The molecular weight excluding hydrogens is 671 g/mol. The van der Waals surface area contributed by atoms with Crippen molar-refractivity contribution in [3.8, 4) is 67.5 Å². The van der Waals surface area contributed by atoms with E-state index in [4.69, 9.17) is 18.2 Å². The Balaban J connectivity index is 1.40. The number of pyridine rings is 1. The Kier molecular flexibility index (Phi) is 7.52. The van der Waals surface area contributed by atoms with Crippen LogP contribution in [0.3, 0.4) is 0 Å². The Labute approximate surface area is 333 Å². The molecule has 0 radical (unpaired) electrons. The van der Waals surface area contributed by atoms with E-state index in [1.165, 1.54) is 0 Å². The number of hydrogen-bond donors (Lipinski definition) is 1. The van der Waals surface area contributed by atoms with Crippen molar-refractivity contribution in [3.05, 3.63) is 168 Å². The van der Waals surface area contributed by atoms with Crippen LogP contribution in [0.1, 0.15) is 71.0 Å². The van der Waals surface area contributed by atoms with Crippen LogP contribution in [0, 0.1) is 13.8 Å². The van der Waals surface area contributed by atoms with Gasteiger partial charge in [-0.3, -0.25) is 9.55 Å². The molecule has 4 heteroatoms. The molecule has 0 saturated heterocycles. The van der Waals surface area contributed by atoms with Crippen LogP contribution in [0.25, 0.3) is 72.7 Å². The number of aromatic hydroxyl groups is 1. The first-order valence-corrected chi connectivity index (χ1v) is 18.5. The van der Waals surface area contributed by atoms with Crippen molar-refractivity contribution >= 4 is 11.0 Å². The van der Waals surface area contributed by atoms with Gasteiger partial charge in [-0.1, -0.05) is 125 Å². The summed E-state index contributed by atoms with van der Waals surface area (Å²) in [5.41, 5.74) is 11.9. The van der Waals surface area contributed by atoms with E-state index in [0.717, 1.165) is 61.3 Å². The van der Waals surface area contributed by atoms with Crippen molar-refractivity contribution in [1.29, 1.82) is 0 Å². The van der Waals surface area contributed by atoms with E-state index in [2.05, 4.69) is 67.8 Å². The molecule has 0 amide bonds. The maximum atomic E-state index is 11.7. The average molecular weight is 724 g/mol. The summed E-state index contributed by atoms with van der Waals surface area (Å²) in [6, 6.07) is 34.4. The first-order chi connectivity index (χ1) is 28.8. The molecule has 0 aliphatic heterocycles. The number of fused-ring (bicyclic) bond motifs is 1. The predicted molar refractivity (Wildman–Crippen MR) is 230 cm³/mol. The predicted octanol–water partition coefficient (Wildman–Crippen LogP) is 13.5. The van der Waals surface area contributed by atoms with Crippen LogP contribution in [0.15, 0.2) is 146 Å². The summed E-state index contributed by atoms with van der Waals surface area (Å²) < 4.78 is 53.2. The second-order valence-corrected chi connectivity index (χ2v) is 15.5. The zero-order valence-electron chi connectivity index (χ0n) is 38.3.